The summed E-state index contributed by atoms with van der Waals surface area (Å²) in [6.45, 7) is 11.3. The van der Waals surface area contributed by atoms with Gasteiger partial charge >= 0.3 is 11.9 Å². The minimum Gasteiger partial charge on any atom is -0.466 e. The summed E-state index contributed by atoms with van der Waals surface area (Å²) >= 11 is 0. The van der Waals surface area contributed by atoms with Crippen molar-refractivity contribution in [2.45, 2.75) is 57.0 Å². The van der Waals surface area contributed by atoms with Crippen LogP contribution in [0.3, 0.4) is 0 Å². The highest BCUT2D eigenvalue weighted by Crippen LogP contribution is 2.64. The molecule has 3 rings (SSSR count). The molecule has 0 amide bonds. The van der Waals surface area contributed by atoms with Crippen LogP contribution in [0.4, 0.5) is 0 Å². The maximum Gasteiger partial charge on any atom is 0.336 e. The van der Waals surface area contributed by atoms with Gasteiger partial charge in [-0.25, -0.2) is 4.79 Å². The lowest BCUT2D eigenvalue weighted by Crippen LogP contribution is -2.59. The number of carbonyl (C=O) groups is 2. The fourth-order valence-electron chi connectivity index (χ4n) is 4.65. The van der Waals surface area contributed by atoms with Crippen LogP contribution >= 0.6 is 0 Å². The Morgan fingerprint density at radius 2 is 2.08 bits per heavy atom. The van der Waals surface area contributed by atoms with Crippen molar-refractivity contribution in [3.05, 3.63) is 24.3 Å². The van der Waals surface area contributed by atoms with Crippen LogP contribution in [0.1, 0.15) is 33.1 Å². The number of carbonyl (C=O) groups excluding carboxylic acids is 2. The first-order valence-corrected chi connectivity index (χ1v) is 8.17. The van der Waals surface area contributed by atoms with Gasteiger partial charge in [-0.3, -0.25) is 4.79 Å². The first-order chi connectivity index (χ1) is 11.2. The largest absolute Gasteiger partial charge is 0.466 e. The van der Waals surface area contributed by atoms with E-state index >= 15 is 0 Å². The van der Waals surface area contributed by atoms with E-state index in [0.29, 0.717) is 19.3 Å². The average Bonchev–Trinajstić information content (AvgIpc) is 3.24. The van der Waals surface area contributed by atoms with Gasteiger partial charge in [-0.15, -0.1) is 0 Å². The lowest BCUT2D eigenvalue weighted by atomic mass is 9.53. The van der Waals surface area contributed by atoms with E-state index in [2.05, 4.69) is 13.2 Å². The normalized spacial score (nSPS) is 43.2. The molecule has 1 N–H and O–H groups in total. The second kappa shape index (κ2) is 5.43. The predicted octanol–water partition coefficient (Wildman–Crippen LogP) is 1.52. The molecule has 2 saturated carbocycles. The number of fused-ring (bicyclic) bond motifs is 2. The zero-order chi connectivity index (χ0) is 17.9. The molecule has 0 unspecified atom stereocenters. The highest BCUT2D eigenvalue weighted by molar-refractivity contribution is 5.91. The molecule has 24 heavy (non-hydrogen) atoms. The van der Waals surface area contributed by atoms with Gasteiger partial charge in [0.2, 0.25) is 0 Å². The van der Waals surface area contributed by atoms with Crippen LogP contribution in [0.2, 0.25) is 0 Å². The van der Waals surface area contributed by atoms with Crippen LogP contribution in [0.25, 0.3) is 0 Å². The molecule has 3 fully saturated rings. The van der Waals surface area contributed by atoms with Crippen molar-refractivity contribution in [2.75, 3.05) is 7.11 Å². The molecular formula is C18H24O6. The van der Waals surface area contributed by atoms with E-state index in [-0.39, 0.29) is 17.6 Å². The number of hydrogen-bond donors (Lipinski definition) is 1. The van der Waals surface area contributed by atoms with Gasteiger partial charge in [-0.1, -0.05) is 25.7 Å². The second-order valence-electron chi connectivity index (χ2n) is 7.30. The summed E-state index contributed by atoms with van der Waals surface area (Å²) in [4.78, 5) is 23.8. The van der Waals surface area contributed by atoms with E-state index in [4.69, 9.17) is 14.2 Å². The van der Waals surface area contributed by atoms with E-state index in [0.717, 1.165) is 5.57 Å². The molecule has 0 spiro atoms. The lowest BCUT2D eigenvalue weighted by molar-refractivity contribution is -0.164. The molecule has 2 aliphatic carbocycles. The SMILES string of the molecule is C=C1CC[C@@H](O)[C@]2(C)C[C@@H]3O[C@]3(C(=C)C(=O)OC)[C@H](OC(C)=O)[C@@H]12. The summed E-state index contributed by atoms with van der Waals surface area (Å²) in [5.41, 5.74) is -0.546. The van der Waals surface area contributed by atoms with Crippen LogP contribution in [-0.4, -0.2) is 48.1 Å². The van der Waals surface area contributed by atoms with E-state index < -0.39 is 35.2 Å². The molecule has 0 aromatic rings. The second-order valence-corrected chi connectivity index (χ2v) is 7.30. The van der Waals surface area contributed by atoms with Crippen molar-refractivity contribution in [1.29, 1.82) is 0 Å². The van der Waals surface area contributed by atoms with Crippen molar-refractivity contribution in [2.24, 2.45) is 11.3 Å². The first kappa shape index (κ1) is 17.2. The average molecular weight is 336 g/mol. The highest BCUT2D eigenvalue weighted by Gasteiger charge is 2.75. The van der Waals surface area contributed by atoms with Crippen molar-refractivity contribution < 1.29 is 28.9 Å². The van der Waals surface area contributed by atoms with Crippen molar-refractivity contribution in [3.8, 4) is 0 Å². The van der Waals surface area contributed by atoms with Gasteiger partial charge in [-0.05, 0) is 19.3 Å². The van der Waals surface area contributed by atoms with Gasteiger partial charge in [0.25, 0.3) is 0 Å². The standard InChI is InChI=1S/C18H24O6/c1-9-6-7-12(20)17(4)8-13-18(24-13,10(2)16(21)22-5)15(14(9)17)23-11(3)19/h12-15,20H,1-2,6-8H2,3-5H3/t12-,13+,14-,15-,17+,18+/m1/s1. The molecule has 6 heteroatoms. The Bertz CT molecular complexity index is 625. The molecule has 6 atom stereocenters. The summed E-state index contributed by atoms with van der Waals surface area (Å²) in [6, 6.07) is 0. The third kappa shape index (κ3) is 2.16. The Labute approximate surface area is 141 Å². The van der Waals surface area contributed by atoms with Crippen molar-refractivity contribution in [1.82, 2.24) is 0 Å². The van der Waals surface area contributed by atoms with Crippen LogP contribution in [-0.2, 0) is 23.8 Å². The number of ether oxygens (including phenoxy) is 3. The smallest absolute Gasteiger partial charge is 0.336 e. The Morgan fingerprint density at radius 1 is 1.42 bits per heavy atom. The van der Waals surface area contributed by atoms with E-state index in [9.17, 15) is 14.7 Å². The summed E-state index contributed by atoms with van der Waals surface area (Å²) in [6.07, 6.45) is 0.190. The monoisotopic (exact) mass is 336 g/mol. The van der Waals surface area contributed by atoms with E-state index in [1.807, 2.05) is 6.92 Å². The topological polar surface area (TPSA) is 85.4 Å². The Morgan fingerprint density at radius 3 is 2.67 bits per heavy atom. The number of aliphatic hydroxyl groups excluding tert-OH is 1. The number of aliphatic hydroxyl groups is 1. The fourth-order valence-corrected chi connectivity index (χ4v) is 4.65. The third-order valence-corrected chi connectivity index (χ3v) is 5.96. The fraction of sp³-hybridized carbons (Fsp3) is 0.667. The molecule has 1 aliphatic heterocycles. The highest BCUT2D eigenvalue weighted by atomic mass is 16.7. The number of methoxy groups -OCH3 is 1. The van der Waals surface area contributed by atoms with Gasteiger partial charge in [0.1, 0.15) is 6.10 Å². The molecule has 132 valence electrons. The maximum absolute atomic E-state index is 12.0. The quantitative estimate of drug-likeness (QED) is 0.364. The molecule has 1 saturated heterocycles. The summed E-state index contributed by atoms with van der Waals surface area (Å²) in [5, 5.41) is 10.6. The zero-order valence-electron chi connectivity index (χ0n) is 14.3. The molecule has 0 aromatic carbocycles. The minimum atomic E-state index is -1.08. The van der Waals surface area contributed by atoms with Crippen molar-refractivity contribution >= 4 is 11.9 Å². The first-order valence-electron chi connectivity index (χ1n) is 8.17. The van der Waals surface area contributed by atoms with Crippen LogP contribution in [0.5, 0.6) is 0 Å². The number of epoxide rings is 1. The Balaban J connectivity index is 2.06. The third-order valence-electron chi connectivity index (χ3n) is 5.96. The summed E-state index contributed by atoms with van der Waals surface area (Å²) < 4.78 is 16.3. The van der Waals surface area contributed by atoms with Gasteiger partial charge in [0, 0.05) is 18.3 Å². The van der Waals surface area contributed by atoms with E-state index in [1.54, 1.807) is 0 Å². The summed E-state index contributed by atoms with van der Waals surface area (Å²) in [5.74, 6) is -1.35. The molecule has 3 aliphatic rings. The molecule has 0 aromatic heterocycles. The van der Waals surface area contributed by atoms with Crippen LogP contribution in [0, 0.1) is 11.3 Å². The molecule has 0 bridgehead atoms. The van der Waals surface area contributed by atoms with Crippen molar-refractivity contribution in [3.63, 3.8) is 0 Å². The minimum absolute atomic E-state index is 0.149. The molecule has 0 radical (unpaired) electrons. The maximum atomic E-state index is 12.0. The molecular weight excluding hydrogens is 312 g/mol. The van der Waals surface area contributed by atoms with Crippen LogP contribution in [0.15, 0.2) is 24.3 Å². The van der Waals surface area contributed by atoms with Gasteiger partial charge in [0.15, 0.2) is 5.60 Å². The van der Waals surface area contributed by atoms with Gasteiger partial charge < -0.3 is 19.3 Å². The number of esters is 2. The Kier molecular flexibility index (Phi) is 3.88. The zero-order valence-corrected chi connectivity index (χ0v) is 14.3. The van der Waals surface area contributed by atoms with Crippen LogP contribution < -0.4 is 0 Å². The Hall–Kier alpha value is -1.66. The lowest BCUT2D eigenvalue weighted by Gasteiger charge is -2.52. The summed E-state index contributed by atoms with van der Waals surface area (Å²) in [7, 11) is 1.28. The van der Waals surface area contributed by atoms with E-state index in [1.165, 1.54) is 14.0 Å². The molecule has 1 heterocycles. The number of hydrogen-bond acceptors (Lipinski definition) is 6. The number of rotatable bonds is 3. The van der Waals surface area contributed by atoms with Gasteiger partial charge in [0.05, 0.1) is 24.9 Å². The predicted molar refractivity (Wildman–Crippen MR) is 84.9 cm³/mol. The molecule has 6 nitrogen and oxygen atoms in total. The van der Waals surface area contributed by atoms with Gasteiger partial charge in [-0.2, -0.15) is 0 Å².